The van der Waals surface area contributed by atoms with Gasteiger partial charge in [0.15, 0.2) is 9.84 Å². The molecular formula is C16H16N2O5S. The molecule has 0 saturated carbocycles. The van der Waals surface area contributed by atoms with Crippen molar-refractivity contribution in [1.29, 1.82) is 0 Å². The number of nitro benzene ring substituents is 1. The molecule has 0 unspecified atom stereocenters. The molecule has 0 atom stereocenters. The number of hydrogen-bond acceptors (Lipinski definition) is 5. The molecule has 0 radical (unpaired) electrons. The average molecular weight is 348 g/mol. The number of benzene rings is 2. The summed E-state index contributed by atoms with van der Waals surface area (Å²) in [6.45, 7) is 3.31. The van der Waals surface area contributed by atoms with E-state index in [1.165, 1.54) is 18.2 Å². The number of amides is 1. The van der Waals surface area contributed by atoms with E-state index in [1.54, 1.807) is 38.1 Å². The van der Waals surface area contributed by atoms with Crippen molar-refractivity contribution >= 4 is 27.1 Å². The van der Waals surface area contributed by atoms with E-state index in [-0.39, 0.29) is 16.3 Å². The molecule has 0 bridgehead atoms. The molecule has 0 aliphatic rings. The largest absolute Gasteiger partial charge is 0.319 e. The highest BCUT2D eigenvalue weighted by Crippen LogP contribution is 2.29. The first-order chi connectivity index (χ1) is 11.2. The number of sulfone groups is 1. The highest BCUT2D eigenvalue weighted by atomic mass is 32.2. The van der Waals surface area contributed by atoms with Gasteiger partial charge in [0, 0.05) is 6.07 Å². The third kappa shape index (κ3) is 3.96. The van der Waals surface area contributed by atoms with Crippen LogP contribution in [-0.4, -0.2) is 25.0 Å². The number of nitrogens with one attached hydrogen (secondary N) is 1. The van der Waals surface area contributed by atoms with Crippen molar-refractivity contribution in [3.63, 3.8) is 0 Å². The lowest BCUT2D eigenvalue weighted by Gasteiger charge is -2.10. The van der Waals surface area contributed by atoms with Crippen LogP contribution < -0.4 is 5.32 Å². The summed E-state index contributed by atoms with van der Waals surface area (Å²) in [5, 5.41) is 13.5. The second-order valence-electron chi connectivity index (χ2n) is 5.35. The van der Waals surface area contributed by atoms with Gasteiger partial charge in [-0.3, -0.25) is 14.9 Å². The van der Waals surface area contributed by atoms with Gasteiger partial charge in [0.25, 0.3) is 5.69 Å². The Balaban J connectivity index is 2.27. The number of anilines is 1. The Morgan fingerprint density at radius 1 is 1.17 bits per heavy atom. The fourth-order valence-corrected chi connectivity index (χ4v) is 3.47. The number of rotatable bonds is 5. The Morgan fingerprint density at radius 2 is 1.79 bits per heavy atom. The van der Waals surface area contributed by atoms with Crippen LogP contribution in [0, 0.1) is 24.0 Å². The summed E-state index contributed by atoms with van der Waals surface area (Å²) in [7, 11) is -3.82. The minimum atomic E-state index is -3.82. The van der Waals surface area contributed by atoms with E-state index in [1.807, 2.05) is 0 Å². The number of nitro groups is 1. The molecule has 24 heavy (non-hydrogen) atoms. The molecule has 0 spiro atoms. The summed E-state index contributed by atoms with van der Waals surface area (Å²) >= 11 is 0. The summed E-state index contributed by atoms with van der Waals surface area (Å²) < 4.78 is 24.4. The minimum absolute atomic E-state index is 0.0128. The third-order valence-corrected chi connectivity index (χ3v) is 4.98. The number of carbonyl (C=O) groups is 1. The zero-order valence-corrected chi connectivity index (χ0v) is 14.0. The maximum atomic E-state index is 12.2. The zero-order valence-electron chi connectivity index (χ0n) is 13.1. The van der Waals surface area contributed by atoms with Gasteiger partial charge in [-0.2, -0.15) is 0 Å². The van der Waals surface area contributed by atoms with Crippen LogP contribution in [0.1, 0.15) is 11.1 Å². The predicted molar refractivity (Wildman–Crippen MR) is 89.7 cm³/mol. The molecule has 126 valence electrons. The molecule has 0 fully saturated rings. The van der Waals surface area contributed by atoms with Gasteiger partial charge in [0.05, 0.1) is 9.82 Å². The summed E-state index contributed by atoms with van der Waals surface area (Å²) in [6.07, 6.45) is 0. The molecule has 2 rings (SSSR count). The Bertz CT molecular complexity index is 892. The lowest BCUT2D eigenvalue weighted by atomic mass is 10.1. The number of aryl methyl sites for hydroxylation is 2. The van der Waals surface area contributed by atoms with Crippen LogP contribution >= 0.6 is 0 Å². The van der Waals surface area contributed by atoms with Crippen molar-refractivity contribution in [2.45, 2.75) is 18.7 Å². The first kappa shape index (κ1) is 17.6. The third-order valence-electron chi connectivity index (χ3n) is 3.34. The molecular weight excluding hydrogens is 332 g/mol. The number of carbonyl (C=O) groups excluding carboxylic acids is 1. The molecule has 8 heteroatoms. The standard InChI is InChI=1S/C16H16N2O5S/c1-11-8-12(2)16(14(9-11)18(20)21)17-15(19)10-24(22,23)13-6-4-3-5-7-13/h3-9H,10H2,1-2H3,(H,17,19). The Morgan fingerprint density at radius 3 is 2.38 bits per heavy atom. The first-order valence-corrected chi connectivity index (χ1v) is 8.69. The van der Waals surface area contributed by atoms with Crippen LogP contribution in [0.2, 0.25) is 0 Å². The molecule has 1 N–H and O–H groups in total. The Labute approximate surface area is 139 Å². The molecule has 7 nitrogen and oxygen atoms in total. The van der Waals surface area contributed by atoms with Gasteiger partial charge in [0.1, 0.15) is 11.4 Å². The van der Waals surface area contributed by atoms with Gasteiger partial charge in [-0.1, -0.05) is 24.3 Å². The van der Waals surface area contributed by atoms with Crippen LogP contribution in [0.5, 0.6) is 0 Å². The van der Waals surface area contributed by atoms with E-state index in [4.69, 9.17) is 0 Å². The van der Waals surface area contributed by atoms with E-state index < -0.39 is 26.4 Å². The van der Waals surface area contributed by atoms with Crippen molar-refractivity contribution < 1.29 is 18.1 Å². The van der Waals surface area contributed by atoms with Crippen LogP contribution in [0.3, 0.4) is 0 Å². The molecule has 0 aliphatic carbocycles. The monoisotopic (exact) mass is 348 g/mol. The summed E-state index contributed by atoms with van der Waals surface area (Å²) in [5.74, 6) is -1.62. The highest BCUT2D eigenvalue weighted by Gasteiger charge is 2.23. The highest BCUT2D eigenvalue weighted by molar-refractivity contribution is 7.92. The summed E-state index contributed by atoms with van der Waals surface area (Å²) in [6, 6.07) is 10.6. The molecule has 0 heterocycles. The summed E-state index contributed by atoms with van der Waals surface area (Å²) in [4.78, 5) is 22.7. The topological polar surface area (TPSA) is 106 Å². The van der Waals surface area contributed by atoms with E-state index >= 15 is 0 Å². The van der Waals surface area contributed by atoms with Gasteiger partial charge < -0.3 is 5.32 Å². The van der Waals surface area contributed by atoms with Gasteiger partial charge in [-0.25, -0.2) is 8.42 Å². The lowest BCUT2D eigenvalue weighted by Crippen LogP contribution is -2.24. The second-order valence-corrected chi connectivity index (χ2v) is 7.34. The van der Waals surface area contributed by atoms with Gasteiger partial charge in [0.2, 0.25) is 5.91 Å². The quantitative estimate of drug-likeness (QED) is 0.660. The lowest BCUT2D eigenvalue weighted by molar-refractivity contribution is -0.384. The second kappa shape index (κ2) is 6.79. The minimum Gasteiger partial charge on any atom is -0.319 e. The van der Waals surface area contributed by atoms with E-state index in [9.17, 15) is 23.3 Å². The van der Waals surface area contributed by atoms with Crippen molar-refractivity contribution in [3.8, 4) is 0 Å². The van der Waals surface area contributed by atoms with Gasteiger partial charge >= 0.3 is 0 Å². The fraction of sp³-hybridized carbons (Fsp3) is 0.188. The van der Waals surface area contributed by atoms with Crippen molar-refractivity contribution in [2.24, 2.45) is 0 Å². The normalized spacial score (nSPS) is 11.1. The van der Waals surface area contributed by atoms with Crippen LogP contribution in [0.25, 0.3) is 0 Å². The molecule has 0 aromatic heterocycles. The molecule has 2 aromatic rings. The van der Waals surface area contributed by atoms with Crippen molar-refractivity contribution in [1.82, 2.24) is 0 Å². The molecule has 0 aliphatic heterocycles. The number of nitrogens with zero attached hydrogens (tertiary/aromatic N) is 1. The first-order valence-electron chi connectivity index (χ1n) is 7.04. The van der Waals surface area contributed by atoms with Crippen molar-refractivity contribution in [3.05, 3.63) is 63.7 Å². The smallest absolute Gasteiger partial charge is 0.293 e. The summed E-state index contributed by atoms with van der Waals surface area (Å²) in [5.41, 5.74) is 0.915. The van der Waals surface area contributed by atoms with Gasteiger partial charge in [-0.15, -0.1) is 0 Å². The van der Waals surface area contributed by atoms with Gasteiger partial charge in [-0.05, 0) is 37.1 Å². The average Bonchev–Trinajstić information content (AvgIpc) is 2.50. The Kier molecular flexibility index (Phi) is 4.99. The van der Waals surface area contributed by atoms with E-state index in [0.717, 1.165) is 0 Å². The molecule has 1 amide bonds. The van der Waals surface area contributed by atoms with Crippen LogP contribution in [-0.2, 0) is 14.6 Å². The van der Waals surface area contributed by atoms with Crippen LogP contribution in [0.4, 0.5) is 11.4 Å². The van der Waals surface area contributed by atoms with E-state index in [2.05, 4.69) is 5.32 Å². The molecule has 0 saturated heterocycles. The van der Waals surface area contributed by atoms with Crippen molar-refractivity contribution in [2.75, 3.05) is 11.1 Å². The van der Waals surface area contributed by atoms with Crippen LogP contribution in [0.15, 0.2) is 47.4 Å². The zero-order chi connectivity index (χ0) is 17.9. The maximum absolute atomic E-state index is 12.2. The van der Waals surface area contributed by atoms with E-state index in [0.29, 0.717) is 11.1 Å². The maximum Gasteiger partial charge on any atom is 0.293 e. The number of hydrogen-bond donors (Lipinski definition) is 1. The SMILES string of the molecule is Cc1cc(C)c(NC(=O)CS(=O)(=O)c2ccccc2)c([N+](=O)[O-])c1. The Hall–Kier alpha value is -2.74. The molecule has 2 aromatic carbocycles. The fourth-order valence-electron chi connectivity index (χ4n) is 2.31. The predicted octanol–water partition coefficient (Wildman–Crippen LogP) is 2.62.